The second-order valence-corrected chi connectivity index (χ2v) is 8.08. The second kappa shape index (κ2) is 4.33. The third kappa shape index (κ3) is 1.34. The number of halogens is 1. The summed E-state index contributed by atoms with van der Waals surface area (Å²) >= 11 is 2.42. The van der Waals surface area contributed by atoms with Crippen LogP contribution < -0.4 is 5.73 Å². The van der Waals surface area contributed by atoms with Crippen molar-refractivity contribution in [1.82, 2.24) is 9.80 Å². The molecule has 3 heterocycles. The Morgan fingerprint density at radius 1 is 1.32 bits per heavy atom. The number of carbonyl (C=O) groups excluding carboxylic acids is 2. The molecule has 1 aliphatic carbocycles. The summed E-state index contributed by atoms with van der Waals surface area (Å²) in [6.45, 7) is 3.05. The van der Waals surface area contributed by atoms with E-state index in [-0.39, 0.29) is 29.2 Å². The molecule has 0 amide bonds. The minimum atomic E-state index is -0.610. The van der Waals surface area contributed by atoms with Gasteiger partial charge in [-0.1, -0.05) is 22.6 Å². The van der Waals surface area contributed by atoms with E-state index in [1.807, 2.05) is 4.90 Å². The summed E-state index contributed by atoms with van der Waals surface area (Å²) < 4.78 is 6.32. The molecule has 4 aliphatic rings. The third-order valence-electron chi connectivity index (χ3n) is 5.64. The molecule has 118 valence electrons. The largest absolute Gasteiger partial charge is 0.395 e. The van der Waals surface area contributed by atoms with E-state index in [2.05, 4.69) is 34.5 Å². The van der Waals surface area contributed by atoms with Crippen LogP contribution in [-0.2, 0) is 14.3 Å². The molecule has 7 heteroatoms. The van der Waals surface area contributed by atoms with Crippen molar-refractivity contribution in [2.75, 3.05) is 27.2 Å². The van der Waals surface area contributed by atoms with E-state index in [0.29, 0.717) is 33.9 Å². The molecule has 0 saturated carbocycles. The molecule has 2 saturated heterocycles. The predicted octanol–water partition coefficient (Wildman–Crippen LogP) is 0.0307. The van der Waals surface area contributed by atoms with Gasteiger partial charge in [0, 0.05) is 35.3 Å². The van der Waals surface area contributed by atoms with E-state index in [0.717, 1.165) is 0 Å². The summed E-state index contributed by atoms with van der Waals surface area (Å²) in [5, 5.41) is 0. The molecule has 0 aromatic rings. The Labute approximate surface area is 142 Å². The number of likely N-dealkylation sites (tertiary alicyclic amines) is 1. The van der Waals surface area contributed by atoms with Crippen LogP contribution in [0.1, 0.15) is 6.92 Å². The van der Waals surface area contributed by atoms with E-state index < -0.39 is 5.72 Å². The van der Waals surface area contributed by atoms with Crippen LogP contribution in [0.25, 0.3) is 0 Å². The lowest BCUT2D eigenvalue weighted by atomic mass is 9.83. The number of nitrogens with zero attached hydrogens (tertiary/aromatic N) is 2. The fourth-order valence-electron chi connectivity index (χ4n) is 4.73. The summed E-state index contributed by atoms with van der Waals surface area (Å²) in [6, 6.07) is 0.163. The quantitative estimate of drug-likeness (QED) is 0.370. The number of nitrogens with two attached hydrogens (primary N) is 1. The van der Waals surface area contributed by atoms with Gasteiger partial charge in [0.05, 0.1) is 23.4 Å². The van der Waals surface area contributed by atoms with Crippen LogP contribution >= 0.6 is 22.6 Å². The van der Waals surface area contributed by atoms with Gasteiger partial charge in [0.15, 0.2) is 5.72 Å². The number of ether oxygens (including phenoxy) is 1. The zero-order chi connectivity index (χ0) is 16.0. The summed E-state index contributed by atoms with van der Waals surface area (Å²) in [7, 11) is 3.73. The van der Waals surface area contributed by atoms with Crippen LogP contribution in [0.5, 0.6) is 0 Å². The van der Waals surface area contributed by atoms with Gasteiger partial charge in [0.25, 0.3) is 0 Å². The first-order valence-electron chi connectivity index (χ1n) is 7.33. The second-order valence-electron chi connectivity index (χ2n) is 6.48. The Balaban J connectivity index is 1.95. The molecule has 22 heavy (non-hydrogen) atoms. The van der Waals surface area contributed by atoms with Crippen molar-refractivity contribution in [3.63, 3.8) is 0 Å². The lowest BCUT2D eigenvalue weighted by Crippen LogP contribution is -2.52. The Morgan fingerprint density at radius 3 is 2.64 bits per heavy atom. The number of rotatable bonds is 1. The molecule has 4 rings (SSSR count). The van der Waals surface area contributed by atoms with Gasteiger partial charge in [-0.3, -0.25) is 14.5 Å². The van der Waals surface area contributed by atoms with Gasteiger partial charge in [-0.15, -0.1) is 0 Å². The van der Waals surface area contributed by atoms with E-state index in [4.69, 9.17) is 10.5 Å². The Hall–Kier alpha value is -0.930. The molecule has 2 fully saturated rings. The van der Waals surface area contributed by atoms with Gasteiger partial charge in [-0.25, -0.2) is 0 Å². The maximum Gasteiger partial charge on any atom is 0.207 e. The fourth-order valence-corrected chi connectivity index (χ4v) is 6.19. The van der Waals surface area contributed by atoms with Crippen LogP contribution in [-0.4, -0.2) is 64.3 Å². The number of methoxy groups -OCH3 is 1. The highest BCUT2D eigenvalue weighted by Crippen LogP contribution is 2.57. The smallest absolute Gasteiger partial charge is 0.207 e. The third-order valence-corrected chi connectivity index (χ3v) is 6.71. The first-order chi connectivity index (χ1) is 10.4. The van der Waals surface area contributed by atoms with Crippen molar-refractivity contribution >= 4 is 34.2 Å². The van der Waals surface area contributed by atoms with Crippen molar-refractivity contribution in [1.29, 1.82) is 0 Å². The highest BCUT2D eigenvalue weighted by Gasteiger charge is 2.71. The molecule has 6 nitrogen and oxygen atoms in total. The van der Waals surface area contributed by atoms with Crippen molar-refractivity contribution in [2.24, 2.45) is 11.7 Å². The van der Waals surface area contributed by atoms with Crippen LogP contribution in [0.4, 0.5) is 0 Å². The first-order valence-corrected chi connectivity index (χ1v) is 8.57. The average molecular weight is 415 g/mol. The number of carbonyl (C=O) groups is 2. The minimum absolute atomic E-state index is 0.0910. The van der Waals surface area contributed by atoms with Gasteiger partial charge in [-0.2, -0.15) is 0 Å². The number of Topliss-reactive ketones (excluding diaryl/α,β-unsaturated/α-hetero) is 2. The molecular weight excluding hydrogens is 397 g/mol. The Kier molecular flexibility index (Phi) is 2.88. The van der Waals surface area contributed by atoms with Crippen LogP contribution in [0.2, 0.25) is 0 Å². The fraction of sp³-hybridized carbons (Fsp3) is 0.600. The molecular formula is C15H18IN3O3. The van der Waals surface area contributed by atoms with Gasteiger partial charge in [0.1, 0.15) is 0 Å². The average Bonchev–Trinajstić information content (AvgIpc) is 3.04. The molecule has 4 atom stereocenters. The summed E-state index contributed by atoms with van der Waals surface area (Å²) in [6.07, 6.45) is 0. The molecule has 0 aromatic carbocycles. The van der Waals surface area contributed by atoms with Crippen molar-refractivity contribution in [2.45, 2.75) is 22.6 Å². The highest BCUT2D eigenvalue weighted by molar-refractivity contribution is 14.1. The molecule has 0 bridgehead atoms. The standard InChI is InChI=1S/C15H18IN3O3/c1-6-10(17)13(21)9-7-4-18(2)14-8(16)5-19(11(9)12(6)20)15(7,14)22-3/h7-8,14H,4-5,17H2,1-3H3/t7-,8-,14+,15-/m1/s1. The van der Waals surface area contributed by atoms with E-state index in [1.165, 1.54) is 0 Å². The maximum atomic E-state index is 12.8. The van der Waals surface area contributed by atoms with Crippen molar-refractivity contribution in [3.05, 3.63) is 22.5 Å². The van der Waals surface area contributed by atoms with Crippen LogP contribution in [0.15, 0.2) is 22.5 Å². The topological polar surface area (TPSA) is 75.9 Å². The van der Waals surface area contributed by atoms with E-state index in [9.17, 15) is 9.59 Å². The molecule has 3 aliphatic heterocycles. The SMILES string of the molecule is CO[C@]12[C@@H]3CN(C)[C@H]1[C@H](I)CN2C1=C3C(=O)C(N)=C(C)C1=O. The summed E-state index contributed by atoms with van der Waals surface area (Å²) in [5.41, 5.74) is 6.83. The number of fused-ring (bicyclic) bond motifs is 2. The Bertz CT molecular complexity index is 634. The van der Waals surface area contributed by atoms with Crippen molar-refractivity contribution < 1.29 is 14.3 Å². The van der Waals surface area contributed by atoms with Crippen molar-refractivity contribution in [3.8, 4) is 0 Å². The lowest BCUT2D eigenvalue weighted by molar-refractivity contribution is -0.125. The zero-order valence-electron chi connectivity index (χ0n) is 12.7. The number of allylic oxidation sites excluding steroid dienone is 2. The van der Waals surface area contributed by atoms with Gasteiger partial charge in [-0.05, 0) is 14.0 Å². The normalized spacial score (nSPS) is 40.9. The number of alkyl halides is 1. The molecule has 0 unspecified atom stereocenters. The number of hydrogen-bond donors (Lipinski definition) is 1. The number of ketones is 2. The summed E-state index contributed by atoms with van der Waals surface area (Å²) in [5.74, 6) is -0.433. The van der Waals surface area contributed by atoms with Gasteiger partial charge in [0.2, 0.25) is 11.6 Å². The van der Waals surface area contributed by atoms with Gasteiger partial charge < -0.3 is 15.4 Å². The molecule has 2 N–H and O–H groups in total. The molecule has 0 spiro atoms. The molecule has 0 aromatic heterocycles. The van der Waals surface area contributed by atoms with Gasteiger partial charge >= 0.3 is 0 Å². The number of hydrogen-bond acceptors (Lipinski definition) is 6. The minimum Gasteiger partial charge on any atom is -0.395 e. The molecule has 0 radical (unpaired) electrons. The Morgan fingerprint density at radius 2 is 2.00 bits per heavy atom. The number of likely N-dealkylation sites (N-methyl/N-ethyl adjacent to an activating group) is 1. The van der Waals surface area contributed by atoms with E-state index in [1.54, 1.807) is 14.0 Å². The maximum absolute atomic E-state index is 12.8. The monoisotopic (exact) mass is 415 g/mol. The zero-order valence-corrected chi connectivity index (χ0v) is 14.9. The van der Waals surface area contributed by atoms with E-state index >= 15 is 0 Å². The lowest BCUT2D eigenvalue weighted by Gasteiger charge is -2.37. The first kappa shape index (κ1) is 14.6. The summed E-state index contributed by atoms with van der Waals surface area (Å²) in [4.78, 5) is 29.8. The van der Waals surface area contributed by atoms with Crippen LogP contribution in [0, 0.1) is 5.92 Å². The highest BCUT2D eigenvalue weighted by atomic mass is 127. The predicted molar refractivity (Wildman–Crippen MR) is 88.1 cm³/mol. The van der Waals surface area contributed by atoms with Crippen LogP contribution in [0.3, 0.4) is 0 Å².